The van der Waals surface area contributed by atoms with Gasteiger partial charge in [0.05, 0.1) is 14.2 Å². The smallest absolute Gasteiger partial charge is 0.240 e. The van der Waals surface area contributed by atoms with E-state index in [-0.39, 0.29) is 11.8 Å². The van der Waals surface area contributed by atoms with Crippen LogP contribution < -0.4 is 14.8 Å². The van der Waals surface area contributed by atoms with Crippen LogP contribution in [0, 0.1) is 11.3 Å². The van der Waals surface area contributed by atoms with Crippen LogP contribution in [0.25, 0.3) is 0 Å². The third kappa shape index (κ3) is 3.43. The lowest BCUT2D eigenvalue weighted by Crippen LogP contribution is -2.46. The lowest BCUT2D eigenvalue weighted by atomic mass is 9.96. The van der Waals surface area contributed by atoms with E-state index in [0.29, 0.717) is 35.9 Å². The molecule has 2 fully saturated rings. The standard InChI is InChI=1S/C19H26N2O4/c1-13-5-4-10-21(12-13)18(23)19(8-9-19)17(22)20-14-6-7-15(24-2)16(11-14)25-3/h6-7,11,13H,4-5,8-10,12H2,1-3H3,(H,20,22). The van der Waals surface area contributed by atoms with Gasteiger partial charge in [-0.3, -0.25) is 9.59 Å². The molecule has 25 heavy (non-hydrogen) atoms. The number of hydrogen-bond donors (Lipinski definition) is 1. The second-order valence-corrected chi connectivity index (χ2v) is 7.10. The predicted octanol–water partition coefficient (Wildman–Crippen LogP) is 2.68. The molecule has 1 atom stereocenters. The molecule has 0 radical (unpaired) electrons. The van der Waals surface area contributed by atoms with Crippen molar-refractivity contribution >= 4 is 17.5 Å². The van der Waals surface area contributed by atoms with E-state index in [9.17, 15) is 9.59 Å². The SMILES string of the molecule is COc1ccc(NC(=O)C2(C(=O)N3CCCC(C)C3)CC2)cc1OC. The van der Waals surface area contributed by atoms with Crippen LogP contribution in [0.5, 0.6) is 11.5 Å². The summed E-state index contributed by atoms with van der Waals surface area (Å²) < 4.78 is 10.5. The van der Waals surface area contributed by atoms with Crippen molar-refractivity contribution in [3.8, 4) is 11.5 Å². The number of likely N-dealkylation sites (tertiary alicyclic amines) is 1. The van der Waals surface area contributed by atoms with Crippen molar-refractivity contribution in [2.24, 2.45) is 11.3 Å². The lowest BCUT2D eigenvalue weighted by molar-refractivity contribution is -0.143. The first kappa shape index (κ1) is 17.6. The van der Waals surface area contributed by atoms with E-state index < -0.39 is 5.41 Å². The number of hydrogen-bond acceptors (Lipinski definition) is 4. The van der Waals surface area contributed by atoms with Crippen LogP contribution in [0.15, 0.2) is 18.2 Å². The second kappa shape index (κ2) is 6.94. The highest BCUT2D eigenvalue weighted by Crippen LogP contribution is 2.48. The molecule has 1 unspecified atom stereocenters. The largest absolute Gasteiger partial charge is 0.493 e. The zero-order valence-electron chi connectivity index (χ0n) is 15.1. The fourth-order valence-corrected chi connectivity index (χ4v) is 3.50. The molecule has 1 heterocycles. The third-order valence-corrected chi connectivity index (χ3v) is 5.18. The van der Waals surface area contributed by atoms with E-state index in [0.717, 1.165) is 25.9 Å². The zero-order valence-corrected chi connectivity index (χ0v) is 15.1. The molecule has 1 N–H and O–H groups in total. The van der Waals surface area contributed by atoms with Gasteiger partial charge in [0, 0.05) is 24.8 Å². The molecule has 0 bridgehead atoms. The summed E-state index contributed by atoms with van der Waals surface area (Å²) in [7, 11) is 3.11. The Kier molecular flexibility index (Phi) is 4.88. The summed E-state index contributed by atoms with van der Waals surface area (Å²) in [5.74, 6) is 1.41. The Morgan fingerprint density at radius 2 is 1.92 bits per heavy atom. The molecular formula is C19H26N2O4. The Morgan fingerprint density at radius 3 is 2.52 bits per heavy atom. The summed E-state index contributed by atoms with van der Waals surface area (Å²) in [6.45, 7) is 3.67. The molecule has 1 saturated carbocycles. The van der Waals surface area contributed by atoms with E-state index in [1.54, 1.807) is 32.4 Å². The summed E-state index contributed by atoms with van der Waals surface area (Å²) in [5, 5.41) is 2.88. The number of nitrogens with zero attached hydrogens (tertiary/aromatic N) is 1. The molecule has 0 aromatic heterocycles. The maximum absolute atomic E-state index is 12.9. The minimum atomic E-state index is -0.885. The van der Waals surface area contributed by atoms with E-state index >= 15 is 0 Å². The molecule has 3 rings (SSSR count). The van der Waals surface area contributed by atoms with Gasteiger partial charge in [0.25, 0.3) is 0 Å². The molecule has 6 heteroatoms. The van der Waals surface area contributed by atoms with E-state index in [1.165, 1.54) is 0 Å². The van der Waals surface area contributed by atoms with Crippen LogP contribution in [0.2, 0.25) is 0 Å². The van der Waals surface area contributed by atoms with Crippen LogP contribution in [0.4, 0.5) is 5.69 Å². The van der Waals surface area contributed by atoms with Gasteiger partial charge in [-0.05, 0) is 43.7 Å². The number of anilines is 1. The quantitative estimate of drug-likeness (QED) is 0.833. The first-order valence-corrected chi connectivity index (χ1v) is 8.83. The van der Waals surface area contributed by atoms with Gasteiger partial charge in [-0.2, -0.15) is 0 Å². The summed E-state index contributed by atoms with van der Waals surface area (Å²) >= 11 is 0. The second-order valence-electron chi connectivity index (χ2n) is 7.10. The van der Waals surface area contributed by atoms with Gasteiger partial charge in [-0.25, -0.2) is 0 Å². The van der Waals surface area contributed by atoms with Crippen LogP contribution in [-0.2, 0) is 9.59 Å². The van der Waals surface area contributed by atoms with E-state index in [1.807, 2.05) is 4.90 Å². The van der Waals surface area contributed by atoms with Gasteiger partial charge in [0.2, 0.25) is 11.8 Å². The van der Waals surface area contributed by atoms with Gasteiger partial charge >= 0.3 is 0 Å². The lowest BCUT2D eigenvalue weighted by Gasteiger charge is -2.33. The molecule has 136 valence electrons. The molecule has 2 aliphatic rings. The third-order valence-electron chi connectivity index (χ3n) is 5.18. The minimum Gasteiger partial charge on any atom is -0.493 e. The van der Waals surface area contributed by atoms with Gasteiger partial charge in [-0.15, -0.1) is 0 Å². The first-order valence-electron chi connectivity index (χ1n) is 8.83. The van der Waals surface area contributed by atoms with Crippen LogP contribution in [0.1, 0.15) is 32.6 Å². The molecule has 0 spiro atoms. The highest BCUT2D eigenvalue weighted by molar-refractivity contribution is 6.13. The highest BCUT2D eigenvalue weighted by Gasteiger charge is 2.58. The summed E-state index contributed by atoms with van der Waals surface area (Å²) in [6, 6.07) is 5.20. The van der Waals surface area contributed by atoms with Crippen LogP contribution in [-0.4, -0.2) is 44.0 Å². The molecule has 1 aliphatic carbocycles. The molecule has 1 saturated heterocycles. The van der Waals surface area contributed by atoms with E-state index in [2.05, 4.69) is 12.2 Å². The number of carbonyl (C=O) groups is 2. The van der Waals surface area contributed by atoms with Crippen molar-refractivity contribution in [3.63, 3.8) is 0 Å². The summed E-state index contributed by atoms with van der Waals surface area (Å²) in [6.07, 6.45) is 3.40. The predicted molar refractivity (Wildman–Crippen MR) is 94.8 cm³/mol. The number of carbonyl (C=O) groups excluding carboxylic acids is 2. The monoisotopic (exact) mass is 346 g/mol. The number of rotatable bonds is 5. The fraction of sp³-hybridized carbons (Fsp3) is 0.579. The Bertz CT molecular complexity index is 669. The Labute approximate surface area is 148 Å². The number of nitrogens with one attached hydrogen (secondary N) is 1. The number of benzene rings is 1. The van der Waals surface area contributed by atoms with Gasteiger partial charge in [0.15, 0.2) is 11.5 Å². The highest BCUT2D eigenvalue weighted by atomic mass is 16.5. The molecular weight excluding hydrogens is 320 g/mol. The average Bonchev–Trinajstić information content (AvgIpc) is 3.43. The molecule has 1 aliphatic heterocycles. The number of piperidine rings is 1. The normalized spacial score (nSPS) is 21.4. The first-order chi connectivity index (χ1) is 12.0. The molecule has 1 aromatic carbocycles. The fourth-order valence-electron chi connectivity index (χ4n) is 3.50. The van der Waals surface area contributed by atoms with Crippen molar-refractivity contribution in [1.82, 2.24) is 4.90 Å². The Balaban J connectivity index is 1.71. The number of amides is 2. The average molecular weight is 346 g/mol. The van der Waals surface area contributed by atoms with Crippen molar-refractivity contribution in [3.05, 3.63) is 18.2 Å². The van der Waals surface area contributed by atoms with Crippen molar-refractivity contribution < 1.29 is 19.1 Å². The summed E-state index contributed by atoms with van der Waals surface area (Å²) in [4.78, 5) is 27.6. The zero-order chi connectivity index (χ0) is 18.0. The maximum Gasteiger partial charge on any atom is 0.240 e. The Hall–Kier alpha value is -2.24. The number of ether oxygens (including phenoxy) is 2. The van der Waals surface area contributed by atoms with Crippen LogP contribution in [0.3, 0.4) is 0 Å². The van der Waals surface area contributed by atoms with Gasteiger partial charge < -0.3 is 19.7 Å². The summed E-state index contributed by atoms with van der Waals surface area (Å²) in [5.41, 5.74) is -0.279. The minimum absolute atomic E-state index is 0.0166. The van der Waals surface area contributed by atoms with Gasteiger partial charge in [-0.1, -0.05) is 6.92 Å². The molecule has 1 aromatic rings. The number of methoxy groups -OCH3 is 2. The van der Waals surface area contributed by atoms with E-state index in [4.69, 9.17) is 9.47 Å². The molecule has 6 nitrogen and oxygen atoms in total. The van der Waals surface area contributed by atoms with Crippen molar-refractivity contribution in [2.45, 2.75) is 32.6 Å². The topological polar surface area (TPSA) is 67.9 Å². The maximum atomic E-state index is 12.9. The Morgan fingerprint density at radius 1 is 1.20 bits per heavy atom. The van der Waals surface area contributed by atoms with Crippen molar-refractivity contribution in [2.75, 3.05) is 32.6 Å². The molecule has 2 amide bonds. The van der Waals surface area contributed by atoms with Crippen molar-refractivity contribution in [1.29, 1.82) is 0 Å². The van der Waals surface area contributed by atoms with Gasteiger partial charge in [0.1, 0.15) is 5.41 Å². The van der Waals surface area contributed by atoms with Crippen LogP contribution >= 0.6 is 0 Å².